The number of nitrogens with two attached hydrogens (primary N) is 1. The van der Waals surface area contributed by atoms with Crippen molar-refractivity contribution in [3.63, 3.8) is 0 Å². The van der Waals surface area contributed by atoms with E-state index in [0.717, 1.165) is 5.69 Å². The van der Waals surface area contributed by atoms with Crippen LogP contribution in [-0.4, -0.2) is 41.9 Å². The summed E-state index contributed by atoms with van der Waals surface area (Å²) in [6, 6.07) is 0. The number of hydrogen-bond donors (Lipinski definition) is 2. The first kappa shape index (κ1) is 15.4. The molecule has 8 heteroatoms. The number of nitrogens with zero attached hydrogens (tertiary/aromatic N) is 2. The minimum absolute atomic E-state index is 0.0404. The van der Waals surface area contributed by atoms with Gasteiger partial charge < -0.3 is 15.8 Å². The maximum absolute atomic E-state index is 11.8. The molecule has 0 aliphatic heterocycles. The molecule has 0 saturated carbocycles. The molecular weight excluding hydrogens is 258 g/mol. The third kappa shape index (κ3) is 4.82. The summed E-state index contributed by atoms with van der Waals surface area (Å²) in [4.78, 5) is 11.6. The minimum Gasteiger partial charge on any atom is -0.396 e. The third-order valence-corrected chi connectivity index (χ3v) is 2.54. The van der Waals surface area contributed by atoms with Gasteiger partial charge in [-0.3, -0.25) is 9.48 Å². The Hall–Kier alpha value is -1.70. The summed E-state index contributed by atoms with van der Waals surface area (Å²) in [5, 5.41) is 6.67. The molecule has 0 saturated heterocycles. The number of aryl methyl sites for hydroxylation is 1. The molecule has 0 spiro atoms. The summed E-state index contributed by atoms with van der Waals surface area (Å²) in [7, 11) is 0. The fourth-order valence-electron chi connectivity index (χ4n) is 1.49. The number of halogens is 2. The van der Waals surface area contributed by atoms with Gasteiger partial charge in [-0.25, -0.2) is 8.78 Å². The summed E-state index contributed by atoms with van der Waals surface area (Å²) in [6.45, 7) is 3.18. The van der Waals surface area contributed by atoms with Crippen LogP contribution in [-0.2, 0) is 16.1 Å². The first-order valence-corrected chi connectivity index (χ1v) is 5.84. The second kappa shape index (κ2) is 7.03. The van der Waals surface area contributed by atoms with Crippen LogP contribution in [0.1, 0.15) is 11.4 Å². The number of hydrogen-bond acceptors (Lipinski definition) is 4. The van der Waals surface area contributed by atoms with Crippen LogP contribution in [0.15, 0.2) is 0 Å². The van der Waals surface area contributed by atoms with Crippen molar-refractivity contribution in [1.82, 2.24) is 15.1 Å². The Kier molecular flexibility index (Phi) is 5.68. The molecule has 0 aliphatic carbocycles. The number of rotatable bonds is 7. The molecule has 19 heavy (non-hydrogen) atoms. The number of amides is 1. The van der Waals surface area contributed by atoms with Crippen molar-refractivity contribution in [3.8, 4) is 0 Å². The van der Waals surface area contributed by atoms with Gasteiger partial charge >= 0.3 is 0 Å². The van der Waals surface area contributed by atoms with Crippen molar-refractivity contribution in [3.05, 3.63) is 11.4 Å². The molecule has 0 radical (unpaired) electrons. The second-order valence-corrected chi connectivity index (χ2v) is 4.06. The number of aromatic nitrogens is 2. The molecule has 1 heterocycles. The zero-order chi connectivity index (χ0) is 14.4. The van der Waals surface area contributed by atoms with Gasteiger partial charge in [0.15, 0.2) is 0 Å². The number of carbonyl (C=O) groups excluding carboxylic acids is 1. The third-order valence-electron chi connectivity index (χ3n) is 2.54. The van der Waals surface area contributed by atoms with Gasteiger partial charge in [-0.05, 0) is 13.8 Å². The van der Waals surface area contributed by atoms with Gasteiger partial charge in [0.05, 0.1) is 23.7 Å². The van der Waals surface area contributed by atoms with E-state index in [0.29, 0.717) is 11.4 Å². The largest absolute Gasteiger partial charge is 0.396 e. The van der Waals surface area contributed by atoms with Crippen molar-refractivity contribution in [2.75, 3.05) is 25.5 Å². The van der Waals surface area contributed by atoms with E-state index in [4.69, 9.17) is 5.73 Å². The number of nitrogens with one attached hydrogen (secondary N) is 1. The molecule has 1 aromatic rings. The minimum atomic E-state index is -2.49. The van der Waals surface area contributed by atoms with Crippen LogP contribution in [0.5, 0.6) is 0 Å². The lowest BCUT2D eigenvalue weighted by Crippen LogP contribution is -2.31. The van der Waals surface area contributed by atoms with Crippen molar-refractivity contribution in [1.29, 1.82) is 0 Å². The lowest BCUT2D eigenvalue weighted by atomic mass is 10.3. The number of nitrogen functional groups attached to an aromatic ring is 1. The normalized spacial score (nSPS) is 11.0. The summed E-state index contributed by atoms with van der Waals surface area (Å²) in [5.41, 5.74) is 7.70. The van der Waals surface area contributed by atoms with Crippen LogP contribution >= 0.6 is 0 Å². The molecule has 0 fully saturated rings. The first-order valence-electron chi connectivity index (χ1n) is 5.84. The predicted octanol–water partition coefficient (Wildman–Crippen LogP) is 0.480. The van der Waals surface area contributed by atoms with Crippen molar-refractivity contribution < 1.29 is 18.3 Å². The van der Waals surface area contributed by atoms with E-state index in [1.807, 2.05) is 0 Å². The zero-order valence-corrected chi connectivity index (χ0v) is 10.9. The number of ether oxygens (including phenoxy) is 1. The standard InChI is InChI=1S/C11H18F2N4O2/c1-7-11(14)8(2)17(16-7)5-10(18)15-3-4-19-6-9(12)13/h9H,3-6,14H2,1-2H3,(H,15,18). The van der Waals surface area contributed by atoms with E-state index >= 15 is 0 Å². The van der Waals surface area contributed by atoms with Crippen molar-refractivity contribution in [2.24, 2.45) is 0 Å². The number of alkyl halides is 2. The van der Waals surface area contributed by atoms with Gasteiger partial charge in [0.25, 0.3) is 6.43 Å². The highest BCUT2D eigenvalue weighted by molar-refractivity contribution is 5.75. The lowest BCUT2D eigenvalue weighted by molar-refractivity contribution is -0.122. The van der Waals surface area contributed by atoms with Crippen LogP contribution in [0, 0.1) is 13.8 Å². The Bertz CT molecular complexity index is 435. The Balaban J connectivity index is 2.29. The first-order chi connectivity index (χ1) is 8.91. The summed E-state index contributed by atoms with van der Waals surface area (Å²) >= 11 is 0. The highest BCUT2D eigenvalue weighted by Crippen LogP contribution is 2.14. The molecule has 1 rings (SSSR count). The molecule has 108 valence electrons. The highest BCUT2D eigenvalue weighted by atomic mass is 19.3. The van der Waals surface area contributed by atoms with E-state index in [1.54, 1.807) is 13.8 Å². The molecule has 0 atom stereocenters. The predicted molar refractivity (Wildman–Crippen MR) is 65.9 cm³/mol. The van der Waals surface area contributed by atoms with Gasteiger partial charge in [-0.15, -0.1) is 0 Å². The maximum Gasteiger partial charge on any atom is 0.261 e. The summed E-state index contributed by atoms with van der Waals surface area (Å²) in [6.07, 6.45) is -2.49. The van der Waals surface area contributed by atoms with Gasteiger partial charge in [-0.1, -0.05) is 0 Å². The second-order valence-electron chi connectivity index (χ2n) is 4.06. The van der Waals surface area contributed by atoms with Crippen LogP contribution in [0.2, 0.25) is 0 Å². The Morgan fingerprint density at radius 2 is 2.21 bits per heavy atom. The molecule has 6 nitrogen and oxygen atoms in total. The molecule has 0 aromatic carbocycles. The number of anilines is 1. The SMILES string of the molecule is Cc1nn(CC(=O)NCCOCC(F)F)c(C)c1N. The lowest BCUT2D eigenvalue weighted by Gasteiger charge is -2.07. The quantitative estimate of drug-likeness (QED) is 0.710. The molecule has 1 aromatic heterocycles. The topological polar surface area (TPSA) is 82.2 Å². The zero-order valence-electron chi connectivity index (χ0n) is 10.9. The van der Waals surface area contributed by atoms with E-state index in [-0.39, 0.29) is 25.6 Å². The molecule has 3 N–H and O–H groups in total. The fraction of sp³-hybridized carbons (Fsp3) is 0.636. The smallest absolute Gasteiger partial charge is 0.261 e. The number of carbonyl (C=O) groups is 1. The van der Waals surface area contributed by atoms with Gasteiger partial charge in [0.1, 0.15) is 13.2 Å². The van der Waals surface area contributed by atoms with Gasteiger partial charge in [-0.2, -0.15) is 5.10 Å². The maximum atomic E-state index is 11.8. The average molecular weight is 276 g/mol. The fourth-order valence-corrected chi connectivity index (χ4v) is 1.49. The monoisotopic (exact) mass is 276 g/mol. The van der Waals surface area contributed by atoms with E-state index in [2.05, 4.69) is 15.2 Å². The Labute approximate surface area is 109 Å². The van der Waals surface area contributed by atoms with E-state index in [9.17, 15) is 13.6 Å². The summed E-state index contributed by atoms with van der Waals surface area (Å²) < 4.78 is 29.6. The van der Waals surface area contributed by atoms with Crippen LogP contribution in [0.4, 0.5) is 14.5 Å². The van der Waals surface area contributed by atoms with Gasteiger partial charge in [0.2, 0.25) is 5.91 Å². The average Bonchev–Trinajstić information content (AvgIpc) is 2.56. The molecule has 1 amide bonds. The Morgan fingerprint density at radius 1 is 1.53 bits per heavy atom. The Morgan fingerprint density at radius 3 is 2.74 bits per heavy atom. The van der Waals surface area contributed by atoms with E-state index in [1.165, 1.54) is 4.68 Å². The van der Waals surface area contributed by atoms with Crippen molar-refractivity contribution in [2.45, 2.75) is 26.8 Å². The van der Waals surface area contributed by atoms with Gasteiger partial charge in [0, 0.05) is 6.54 Å². The van der Waals surface area contributed by atoms with Crippen molar-refractivity contribution >= 4 is 11.6 Å². The molecule has 0 unspecified atom stereocenters. The summed E-state index contributed by atoms with van der Waals surface area (Å²) in [5.74, 6) is -0.272. The van der Waals surface area contributed by atoms with Crippen LogP contribution in [0.3, 0.4) is 0 Å². The van der Waals surface area contributed by atoms with Crippen LogP contribution < -0.4 is 11.1 Å². The van der Waals surface area contributed by atoms with Crippen LogP contribution in [0.25, 0.3) is 0 Å². The molecule has 0 aliphatic rings. The highest BCUT2D eigenvalue weighted by Gasteiger charge is 2.11. The molecular formula is C11H18F2N4O2. The molecule has 0 bridgehead atoms. The van der Waals surface area contributed by atoms with E-state index < -0.39 is 13.0 Å².